The van der Waals surface area contributed by atoms with E-state index in [0.29, 0.717) is 6.42 Å². The number of amides is 2. The van der Waals surface area contributed by atoms with Crippen molar-refractivity contribution in [2.75, 3.05) is 20.3 Å². The third-order valence-corrected chi connectivity index (χ3v) is 3.19. The minimum atomic E-state index is -0.345. The zero-order chi connectivity index (χ0) is 12.3. The van der Waals surface area contributed by atoms with Crippen LogP contribution in [0.5, 0.6) is 0 Å². The van der Waals surface area contributed by atoms with Gasteiger partial charge in [0, 0.05) is 25.6 Å². The summed E-state index contributed by atoms with van der Waals surface area (Å²) < 4.78 is 4.98. The Balaban J connectivity index is 2.83. The van der Waals surface area contributed by atoms with Gasteiger partial charge in [0.1, 0.15) is 0 Å². The summed E-state index contributed by atoms with van der Waals surface area (Å²) in [6, 6.07) is -0.345. The molecule has 0 aliphatic carbocycles. The Hall–Kier alpha value is -0.940. The molecule has 1 N–H and O–H groups in total. The van der Waals surface area contributed by atoms with Gasteiger partial charge in [-0.25, -0.2) is 0 Å². The summed E-state index contributed by atoms with van der Waals surface area (Å²) in [5.74, 6) is -0.864. The van der Waals surface area contributed by atoms with Crippen LogP contribution < -0.4 is 0 Å². The lowest BCUT2D eigenvalue weighted by Crippen LogP contribution is -2.43. The van der Waals surface area contributed by atoms with E-state index in [9.17, 15) is 9.59 Å². The van der Waals surface area contributed by atoms with Crippen molar-refractivity contribution in [3.8, 4) is 0 Å². The Morgan fingerprint density at radius 2 is 1.81 bits per heavy atom. The van der Waals surface area contributed by atoms with Crippen LogP contribution in [-0.4, -0.2) is 48.2 Å². The summed E-state index contributed by atoms with van der Waals surface area (Å²) >= 11 is 0. The van der Waals surface area contributed by atoms with Gasteiger partial charge in [0.15, 0.2) is 0 Å². The number of rotatable bonds is 5. The van der Waals surface area contributed by atoms with E-state index in [1.807, 2.05) is 0 Å². The first-order valence-corrected chi connectivity index (χ1v) is 5.51. The fourth-order valence-corrected chi connectivity index (χ4v) is 1.96. The first kappa shape index (κ1) is 13.1. The van der Waals surface area contributed by atoms with Gasteiger partial charge in [-0.2, -0.15) is 0 Å². The second-order valence-electron chi connectivity index (χ2n) is 4.25. The van der Waals surface area contributed by atoms with Gasteiger partial charge in [-0.1, -0.05) is 13.8 Å². The minimum Gasteiger partial charge on any atom is -0.396 e. The van der Waals surface area contributed by atoms with Gasteiger partial charge in [0.2, 0.25) is 11.8 Å². The third-order valence-electron chi connectivity index (χ3n) is 3.19. The van der Waals surface area contributed by atoms with Crippen LogP contribution in [0.2, 0.25) is 0 Å². The number of aliphatic hydroxyl groups is 1. The quantitative estimate of drug-likeness (QED) is 0.675. The Bertz CT molecular complexity index is 253. The standard InChI is InChI=1S/C11H19NO4/c1-7-8(2)11(15)12(10(7)14)9(4-5-13)6-16-3/h7-9,13H,4-6H2,1-3H3. The minimum absolute atomic E-state index is 0.0617. The molecule has 0 bridgehead atoms. The van der Waals surface area contributed by atoms with Crippen molar-refractivity contribution in [2.45, 2.75) is 26.3 Å². The van der Waals surface area contributed by atoms with Gasteiger partial charge in [0.05, 0.1) is 12.6 Å². The molecule has 1 saturated heterocycles. The van der Waals surface area contributed by atoms with Crippen molar-refractivity contribution >= 4 is 11.8 Å². The van der Waals surface area contributed by atoms with Crippen molar-refractivity contribution in [2.24, 2.45) is 11.8 Å². The van der Waals surface area contributed by atoms with E-state index >= 15 is 0 Å². The summed E-state index contributed by atoms with van der Waals surface area (Å²) in [6.07, 6.45) is 0.366. The molecule has 0 spiro atoms. The van der Waals surface area contributed by atoms with E-state index in [1.165, 1.54) is 12.0 Å². The molecule has 1 aliphatic rings. The van der Waals surface area contributed by atoms with Crippen LogP contribution in [0.1, 0.15) is 20.3 Å². The molecule has 0 aromatic heterocycles. The maximum Gasteiger partial charge on any atom is 0.233 e. The van der Waals surface area contributed by atoms with Crippen molar-refractivity contribution in [1.29, 1.82) is 0 Å². The molecular formula is C11H19NO4. The average molecular weight is 229 g/mol. The molecule has 2 amide bonds. The second kappa shape index (κ2) is 5.41. The summed E-state index contributed by atoms with van der Waals surface area (Å²) in [5, 5.41) is 8.92. The number of methoxy groups -OCH3 is 1. The molecule has 3 atom stereocenters. The molecule has 3 unspecified atom stereocenters. The molecule has 1 fully saturated rings. The Labute approximate surface area is 95.4 Å². The molecule has 92 valence electrons. The molecule has 5 nitrogen and oxygen atoms in total. The number of hydrogen-bond acceptors (Lipinski definition) is 4. The first-order chi connectivity index (χ1) is 7.54. The van der Waals surface area contributed by atoms with Crippen LogP contribution in [0.15, 0.2) is 0 Å². The Morgan fingerprint density at radius 3 is 2.19 bits per heavy atom. The largest absolute Gasteiger partial charge is 0.396 e. The van der Waals surface area contributed by atoms with E-state index < -0.39 is 0 Å². The molecular weight excluding hydrogens is 210 g/mol. The highest BCUT2D eigenvalue weighted by atomic mass is 16.5. The predicted molar refractivity (Wildman–Crippen MR) is 57.5 cm³/mol. The number of likely N-dealkylation sites (tertiary alicyclic amines) is 1. The predicted octanol–water partition coefficient (Wildman–Crippen LogP) is 0.0248. The highest BCUT2D eigenvalue weighted by Crippen LogP contribution is 2.28. The number of carbonyl (C=O) groups excluding carboxylic acids is 2. The zero-order valence-corrected chi connectivity index (χ0v) is 9.97. The van der Waals surface area contributed by atoms with Gasteiger partial charge in [-0.15, -0.1) is 0 Å². The van der Waals surface area contributed by atoms with Gasteiger partial charge in [-0.05, 0) is 6.42 Å². The molecule has 0 saturated carbocycles. The fourth-order valence-electron chi connectivity index (χ4n) is 1.96. The maximum atomic E-state index is 11.9. The number of carbonyl (C=O) groups is 2. The van der Waals surface area contributed by atoms with Crippen LogP contribution >= 0.6 is 0 Å². The third kappa shape index (κ3) is 2.25. The summed E-state index contributed by atoms with van der Waals surface area (Å²) in [4.78, 5) is 25.0. The average Bonchev–Trinajstić information content (AvgIpc) is 2.44. The Morgan fingerprint density at radius 1 is 1.31 bits per heavy atom. The van der Waals surface area contributed by atoms with Crippen LogP contribution in [0.3, 0.4) is 0 Å². The monoisotopic (exact) mass is 229 g/mol. The summed E-state index contributed by atoms with van der Waals surface area (Å²) in [6.45, 7) is 3.73. The van der Waals surface area contributed by atoms with Crippen molar-refractivity contribution < 1.29 is 19.4 Å². The van der Waals surface area contributed by atoms with Gasteiger partial charge < -0.3 is 9.84 Å². The molecule has 0 aromatic carbocycles. The first-order valence-electron chi connectivity index (χ1n) is 5.51. The van der Waals surface area contributed by atoms with E-state index in [4.69, 9.17) is 9.84 Å². The topological polar surface area (TPSA) is 66.8 Å². The number of hydrogen-bond donors (Lipinski definition) is 1. The maximum absolute atomic E-state index is 11.9. The molecule has 1 rings (SSSR count). The second-order valence-corrected chi connectivity index (χ2v) is 4.25. The number of ether oxygens (including phenoxy) is 1. The molecule has 16 heavy (non-hydrogen) atoms. The van der Waals surface area contributed by atoms with E-state index in [2.05, 4.69) is 0 Å². The van der Waals surface area contributed by atoms with Crippen LogP contribution in [0, 0.1) is 11.8 Å². The Kier molecular flexibility index (Phi) is 4.44. The number of nitrogens with zero attached hydrogens (tertiary/aromatic N) is 1. The lowest BCUT2D eigenvalue weighted by atomic mass is 10.00. The molecule has 0 aromatic rings. The van der Waals surface area contributed by atoms with E-state index in [-0.39, 0.29) is 42.9 Å². The van der Waals surface area contributed by atoms with Crippen molar-refractivity contribution in [3.63, 3.8) is 0 Å². The normalized spacial score (nSPS) is 27.6. The highest BCUT2D eigenvalue weighted by molar-refractivity contribution is 6.05. The summed E-state index contributed by atoms with van der Waals surface area (Å²) in [5.41, 5.74) is 0. The van der Waals surface area contributed by atoms with Crippen molar-refractivity contribution in [1.82, 2.24) is 4.90 Å². The molecule has 5 heteroatoms. The van der Waals surface area contributed by atoms with Crippen LogP contribution in [0.25, 0.3) is 0 Å². The fraction of sp³-hybridized carbons (Fsp3) is 0.818. The smallest absolute Gasteiger partial charge is 0.233 e. The molecule has 1 aliphatic heterocycles. The lowest BCUT2D eigenvalue weighted by molar-refractivity contribution is -0.144. The SMILES string of the molecule is COCC(CCO)N1C(=O)C(C)C(C)C1=O. The molecule has 0 radical (unpaired) electrons. The highest BCUT2D eigenvalue weighted by Gasteiger charge is 2.45. The van der Waals surface area contributed by atoms with Gasteiger partial charge >= 0.3 is 0 Å². The number of aliphatic hydroxyl groups excluding tert-OH is 1. The van der Waals surface area contributed by atoms with Crippen LogP contribution in [0.4, 0.5) is 0 Å². The van der Waals surface area contributed by atoms with Crippen molar-refractivity contribution in [3.05, 3.63) is 0 Å². The van der Waals surface area contributed by atoms with E-state index in [0.717, 1.165) is 0 Å². The number of imide groups is 1. The van der Waals surface area contributed by atoms with Gasteiger partial charge in [0.25, 0.3) is 0 Å². The van der Waals surface area contributed by atoms with Gasteiger partial charge in [-0.3, -0.25) is 14.5 Å². The van der Waals surface area contributed by atoms with Crippen LogP contribution in [-0.2, 0) is 14.3 Å². The zero-order valence-electron chi connectivity index (χ0n) is 9.97. The summed E-state index contributed by atoms with van der Waals surface area (Å²) in [7, 11) is 1.52. The van der Waals surface area contributed by atoms with E-state index in [1.54, 1.807) is 13.8 Å². The molecule has 1 heterocycles. The lowest BCUT2D eigenvalue weighted by Gasteiger charge is -2.25.